The number of esters is 1. The molecule has 0 amide bonds. The lowest BCUT2D eigenvalue weighted by atomic mass is 10.2. The van der Waals surface area contributed by atoms with E-state index in [1.54, 1.807) is 42.6 Å². The van der Waals surface area contributed by atoms with E-state index in [0.29, 0.717) is 11.3 Å². The van der Waals surface area contributed by atoms with Gasteiger partial charge in [0.1, 0.15) is 5.75 Å². The molecule has 0 aliphatic rings. The fourth-order valence-corrected chi connectivity index (χ4v) is 2.46. The Morgan fingerprint density at radius 2 is 1.52 bits per heavy atom. The summed E-state index contributed by atoms with van der Waals surface area (Å²) in [6.45, 7) is 1.99. The summed E-state index contributed by atoms with van der Waals surface area (Å²) in [7, 11) is 4.02. The fraction of sp³-hybridized carbons (Fsp3) is 0.130. The van der Waals surface area contributed by atoms with Crippen molar-refractivity contribution in [3.05, 3.63) is 89.5 Å². The minimum atomic E-state index is -0.381. The molecule has 3 aromatic carbocycles. The van der Waals surface area contributed by atoms with Gasteiger partial charge in [-0.1, -0.05) is 29.8 Å². The summed E-state index contributed by atoms with van der Waals surface area (Å²) in [5.41, 5.74) is 4.55. The maximum Gasteiger partial charge on any atom is 0.343 e. The van der Waals surface area contributed by atoms with Gasteiger partial charge in [0.25, 0.3) is 0 Å². The van der Waals surface area contributed by atoms with Crippen molar-refractivity contribution in [1.29, 1.82) is 0 Å². The standard InChI is InChI=1S/C23H22N2O2/c1-17-4-14-22(15-5-17)27-23(26)19-8-10-20(11-9-19)24-16-18-6-12-21(13-7-18)25(2)3/h4-16H,1-3H3. The molecule has 0 saturated carbocycles. The zero-order valence-corrected chi connectivity index (χ0v) is 15.7. The third-order valence-corrected chi connectivity index (χ3v) is 4.11. The molecule has 0 atom stereocenters. The number of benzene rings is 3. The number of hydrogen-bond acceptors (Lipinski definition) is 4. The molecule has 0 radical (unpaired) electrons. The van der Waals surface area contributed by atoms with Crippen LogP contribution >= 0.6 is 0 Å². The molecule has 4 nitrogen and oxygen atoms in total. The number of carbonyl (C=O) groups excluding carboxylic acids is 1. The third-order valence-electron chi connectivity index (χ3n) is 4.11. The molecule has 0 fully saturated rings. The molecular formula is C23H22N2O2. The second-order valence-corrected chi connectivity index (χ2v) is 6.49. The molecule has 3 rings (SSSR count). The third kappa shape index (κ3) is 5.05. The number of hydrogen-bond donors (Lipinski definition) is 0. The van der Waals surface area contributed by atoms with E-state index in [1.807, 2.05) is 57.4 Å². The van der Waals surface area contributed by atoms with Crippen LogP contribution in [0.5, 0.6) is 5.75 Å². The Balaban J connectivity index is 1.64. The second kappa shape index (κ2) is 8.32. The van der Waals surface area contributed by atoms with Crippen LogP contribution in [0.15, 0.2) is 77.8 Å². The molecule has 0 saturated heterocycles. The van der Waals surface area contributed by atoms with Gasteiger partial charge in [-0.2, -0.15) is 0 Å². The van der Waals surface area contributed by atoms with Gasteiger partial charge >= 0.3 is 5.97 Å². The highest BCUT2D eigenvalue weighted by atomic mass is 16.5. The first kappa shape index (κ1) is 18.4. The van der Waals surface area contributed by atoms with Crippen molar-refractivity contribution in [2.45, 2.75) is 6.92 Å². The van der Waals surface area contributed by atoms with Gasteiger partial charge in [-0.05, 0) is 61.0 Å². The summed E-state index contributed by atoms with van der Waals surface area (Å²) >= 11 is 0. The van der Waals surface area contributed by atoms with Gasteiger partial charge in [-0.3, -0.25) is 4.99 Å². The van der Waals surface area contributed by atoms with Gasteiger partial charge in [-0.25, -0.2) is 4.79 Å². The number of anilines is 1. The van der Waals surface area contributed by atoms with Gasteiger partial charge < -0.3 is 9.64 Å². The predicted octanol–water partition coefficient (Wildman–Crippen LogP) is 5.03. The number of ether oxygens (including phenoxy) is 1. The molecule has 3 aromatic rings. The molecule has 0 aromatic heterocycles. The summed E-state index contributed by atoms with van der Waals surface area (Å²) in [5.74, 6) is 0.155. The lowest BCUT2D eigenvalue weighted by Crippen LogP contribution is -2.08. The Morgan fingerprint density at radius 1 is 0.889 bits per heavy atom. The van der Waals surface area contributed by atoms with Crippen molar-refractivity contribution in [2.75, 3.05) is 19.0 Å². The van der Waals surface area contributed by atoms with E-state index in [4.69, 9.17) is 4.74 Å². The van der Waals surface area contributed by atoms with Gasteiger partial charge in [0, 0.05) is 26.0 Å². The van der Waals surface area contributed by atoms with Gasteiger partial charge in [0.15, 0.2) is 0 Å². The fourth-order valence-electron chi connectivity index (χ4n) is 2.46. The van der Waals surface area contributed by atoms with Crippen LogP contribution in [0.2, 0.25) is 0 Å². The molecule has 136 valence electrons. The van der Waals surface area contributed by atoms with Crippen LogP contribution in [0.4, 0.5) is 11.4 Å². The first-order valence-corrected chi connectivity index (χ1v) is 8.71. The molecule has 0 spiro atoms. The Hall–Kier alpha value is -3.40. The van der Waals surface area contributed by atoms with E-state index in [2.05, 4.69) is 9.89 Å². The normalized spacial score (nSPS) is 10.8. The Bertz CT molecular complexity index is 926. The number of rotatable bonds is 5. The van der Waals surface area contributed by atoms with Crippen molar-refractivity contribution in [3.63, 3.8) is 0 Å². The van der Waals surface area contributed by atoms with Crippen LogP contribution < -0.4 is 9.64 Å². The Labute approximate surface area is 159 Å². The number of nitrogens with zero attached hydrogens (tertiary/aromatic N) is 2. The molecule has 0 heterocycles. The molecule has 0 unspecified atom stereocenters. The molecule has 4 heteroatoms. The SMILES string of the molecule is Cc1ccc(OC(=O)c2ccc(N=Cc3ccc(N(C)C)cc3)cc2)cc1. The molecule has 0 aliphatic heterocycles. The van der Waals surface area contributed by atoms with Gasteiger partial charge in [-0.15, -0.1) is 0 Å². The maximum atomic E-state index is 12.2. The largest absolute Gasteiger partial charge is 0.423 e. The monoisotopic (exact) mass is 358 g/mol. The van der Waals surface area contributed by atoms with Gasteiger partial charge in [0.05, 0.1) is 11.3 Å². The lowest BCUT2D eigenvalue weighted by Gasteiger charge is -2.11. The topological polar surface area (TPSA) is 41.9 Å². The quantitative estimate of drug-likeness (QED) is 0.365. The molecule has 27 heavy (non-hydrogen) atoms. The number of carbonyl (C=O) groups is 1. The average molecular weight is 358 g/mol. The smallest absolute Gasteiger partial charge is 0.343 e. The summed E-state index contributed by atoms with van der Waals surface area (Å²) in [6.07, 6.45) is 1.80. The molecule has 0 aliphatic carbocycles. The Morgan fingerprint density at radius 3 is 2.11 bits per heavy atom. The van der Waals surface area contributed by atoms with Crippen LogP contribution in [-0.4, -0.2) is 26.3 Å². The van der Waals surface area contributed by atoms with Gasteiger partial charge in [0.2, 0.25) is 0 Å². The van der Waals surface area contributed by atoms with Crippen molar-refractivity contribution in [1.82, 2.24) is 0 Å². The van der Waals surface area contributed by atoms with Crippen molar-refractivity contribution in [2.24, 2.45) is 4.99 Å². The molecule has 0 bridgehead atoms. The minimum Gasteiger partial charge on any atom is -0.423 e. The zero-order valence-electron chi connectivity index (χ0n) is 15.7. The van der Waals surface area contributed by atoms with E-state index >= 15 is 0 Å². The highest BCUT2D eigenvalue weighted by molar-refractivity contribution is 5.91. The number of aryl methyl sites for hydroxylation is 1. The van der Waals surface area contributed by atoms with Crippen LogP contribution in [0.1, 0.15) is 21.5 Å². The summed E-state index contributed by atoms with van der Waals surface area (Å²) in [6, 6.07) is 22.6. The van der Waals surface area contributed by atoms with Crippen LogP contribution in [0.25, 0.3) is 0 Å². The van der Waals surface area contributed by atoms with E-state index < -0.39 is 0 Å². The maximum absolute atomic E-state index is 12.2. The first-order chi connectivity index (χ1) is 13.0. The summed E-state index contributed by atoms with van der Waals surface area (Å²) in [5, 5.41) is 0. The summed E-state index contributed by atoms with van der Waals surface area (Å²) < 4.78 is 5.37. The molecular weight excluding hydrogens is 336 g/mol. The van der Waals surface area contributed by atoms with E-state index in [0.717, 1.165) is 22.5 Å². The predicted molar refractivity (Wildman–Crippen MR) is 111 cm³/mol. The van der Waals surface area contributed by atoms with Crippen LogP contribution in [-0.2, 0) is 0 Å². The number of aliphatic imine (C=N–C) groups is 1. The lowest BCUT2D eigenvalue weighted by molar-refractivity contribution is 0.0735. The van der Waals surface area contributed by atoms with Crippen molar-refractivity contribution >= 4 is 23.6 Å². The Kier molecular flexibility index (Phi) is 5.67. The minimum absolute atomic E-state index is 0.381. The van der Waals surface area contributed by atoms with Crippen LogP contribution in [0, 0.1) is 6.92 Å². The second-order valence-electron chi connectivity index (χ2n) is 6.49. The molecule has 0 N–H and O–H groups in total. The average Bonchev–Trinajstić information content (AvgIpc) is 2.69. The van der Waals surface area contributed by atoms with E-state index in [1.165, 1.54) is 0 Å². The van der Waals surface area contributed by atoms with Crippen LogP contribution in [0.3, 0.4) is 0 Å². The summed E-state index contributed by atoms with van der Waals surface area (Å²) in [4.78, 5) is 18.7. The van der Waals surface area contributed by atoms with E-state index in [9.17, 15) is 4.79 Å². The highest BCUT2D eigenvalue weighted by Crippen LogP contribution is 2.17. The zero-order chi connectivity index (χ0) is 19.2. The van der Waals surface area contributed by atoms with E-state index in [-0.39, 0.29) is 5.97 Å². The highest BCUT2D eigenvalue weighted by Gasteiger charge is 2.08. The van der Waals surface area contributed by atoms with Crippen molar-refractivity contribution in [3.8, 4) is 5.75 Å². The first-order valence-electron chi connectivity index (χ1n) is 8.71. The van der Waals surface area contributed by atoms with Crippen molar-refractivity contribution < 1.29 is 9.53 Å².